The van der Waals surface area contributed by atoms with Gasteiger partial charge in [-0.1, -0.05) is 91.0 Å². The molecule has 6 rings (SSSR count). The summed E-state index contributed by atoms with van der Waals surface area (Å²) in [5.41, 5.74) is 4.72. The van der Waals surface area contributed by atoms with Crippen molar-refractivity contribution in [2.24, 2.45) is 0 Å². The Hall–Kier alpha value is -4.84. The number of nitrogens with zero attached hydrogens (tertiary/aromatic N) is 4. The lowest BCUT2D eigenvalue weighted by Gasteiger charge is -2.37. The van der Waals surface area contributed by atoms with Crippen LogP contribution in [-0.4, -0.2) is 33.6 Å². The minimum Gasteiger partial charge on any atom is -0.493 e. The summed E-state index contributed by atoms with van der Waals surface area (Å²) < 4.78 is 15.2. The molecule has 0 saturated heterocycles. The van der Waals surface area contributed by atoms with Crippen LogP contribution in [0.2, 0.25) is 0 Å². The van der Waals surface area contributed by atoms with Gasteiger partial charge in [0.25, 0.3) is 0 Å². The summed E-state index contributed by atoms with van der Waals surface area (Å²) in [6, 6.07) is 35.7. The maximum absolute atomic E-state index is 5.53. The summed E-state index contributed by atoms with van der Waals surface area (Å²) >= 11 is 0. The van der Waals surface area contributed by atoms with E-state index >= 15 is 0 Å². The Morgan fingerprint density at radius 1 is 0.711 bits per heavy atom. The molecule has 4 aromatic carbocycles. The van der Waals surface area contributed by atoms with Crippen LogP contribution in [0.15, 0.2) is 122 Å². The fourth-order valence-corrected chi connectivity index (χ4v) is 5.30. The normalized spacial score (nSPS) is 11.5. The molecule has 188 valence electrons. The van der Waals surface area contributed by atoms with Crippen LogP contribution in [0, 0.1) is 0 Å². The third-order valence-corrected chi connectivity index (χ3v) is 7.06. The number of hydrogen-bond donors (Lipinski definition) is 0. The minimum atomic E-state index is -0.599. The van der Waals surface area contributed by atoms with E-state index in [1.807, 2.05) is 29.3 Å². The molecule has 0 N–H and O–H groups in total. The molecule has 0 saturated carbocycles. The van der Waals surface area contributed by atoms with Crippen molar-refractivity contribution in [3.63, 3.8) is 0 Å². The average Bonchev–Trinajstić information content (AvgIpc) is 3.61. The first-order chi connectivity index (χ1) is 18.7. The quantitative estimate of drug-likeness (QED) is 0.236. The lowest BCUT2D eigenvalue weighted by molar-refractivity contribution is 0.355. The Labute approximate surface area is 221 Å². The zero-order chi connectivity index (χ0) is 26.0. The zero-order valence-electron chi connectivity index (χ0n) is 21.4. The van der Waals surface area contributed by atoms with Crippen molar-refractivity contribution in [1.29, 1.82) is 0 Å². The van der Waals surface area contributed by atoms with Crippen molar-refractivity contribution in [2.75, 3.05) is 14.2 Å². The maximum Gasteiger partial charge on any atom is 0.162 e. The van der Waals surface area contributed by atoms with Gasteiger partial charge in [0.1, 0.15) is 5.54 Å². The van der Waals surface area contributed by atoms with Gasteiger partial charge in [0.2, 0.25) is 0 Å². The third kappa shape index (κ3) is 3.91. The highest BCUT2D eigenvalue weighted by Gasteiger charge is 2.38. The van der Waals surface area contributed by atoms with Crippen LogP contribution in [0.3, 0.4) is 0 Å². The second kappa shape index (κ2) is 9.90. The summed E-state index contributed by atoms with van der Waals surface area (Å²) in [6.45, 7) is 0.514. The van der Waals surface area contributed by atoms with E-state index < -0.39 is 5.54 Å². The summed E-state index contributed by atoms with van der Waals surface area (Å²) in [7, 11) is 3.28. The van der Waals surface area contributed by atoms with Gasteiger partial charge in [-0.3, -0.25) is 4.68 Å². The fraction of sp³-hybridized carbons (Fsp3) is 0.125. The van der Waals surface area contributed by atoms with Crippen molar-refractivity contribution < 1.29 is 9.47 Å². The van der Waals surface area contributed by atoms with Crippen LogP contribution in [0.4, 0.5) is 0 Å². The van der Waals surface area contributed by atoms with Gasteiger partial charge in [-0.25, -0.2) is 4.98 Å². The molecule has 0 radical (unpaired) electrons. The van der Waals surface area contributed by atoms with Crippen molar-refractivity contribution in [3.05, 3.63) is 144 Å². The van der Waals surface area contributed by atoms with E-state index in [2.05, 4.69) is 107 Å². The van der Waals surface area contributed by atoms with Crippen LogP contribution in [-0.2, 0) is 12.1 Å². The van der Waals surface area contributed by atoms with E-state index in [4.69, 9.17) is 14.5 Å². The summed E-state index contributed by atoms with van der Waals surface area (Å²) in [5.74, 6) is 1.35. The standard InChI is InChI=1S/C32H28N4O2/c1-37-30-18-24-20-34-36(29(24)19-31(30)38-2)22-28-21-35(23-33-28)32(25-12-6-3-7-13-25,26-14-8-4-9-15-26)27-16-10-5-11-17-27/h3-21,23H,22H2,1-2H3. The number of hydrogen-bond acceptors (Lipinski definition) is 4. The Morgan fingerprint density at radius 2 is 1.24 bits per heavy atom. The highest BCUT2D eigenvalue weighted by Crippen LogP contribution is 2.41. The van der Waals surface area contributed by atoms with Crippen LogP contribution in [0.25, 0.3) is 10.9 Å². The Morgan fingerprint density at radius 3 is 1.76 bits per heavy atom. The number of imidazole rings is 1. The molecule has 0 spiro atoms. The average molecular weight is 501 g/mol. The number of benzene rings is 4. The van der Waals surface area contributed by atoms with E-state index in [0.29, 0.717) is 18.0 Å². The van der Waals surface area contributed by atoms with Crippen molar-refractivity contribution in [3.8, 4) is 11.5 Å². The van der Waals surface area contributed by atoms with Crippen LogP contribution >= 0.6 is 0 Å². The predicted octanol–water partition coefficient (Wildman–Crippen LogP) is 6.14. The molecule has 0 aliphatic rings. The molecule has 0 atom stereocenters. The van der Waals surface area contributed by atoms with Gasteiger partial charge in [-0.2, -0.15) is 5.10 Å². The van der Waals surface area contributed by atoms with Gasteiger partial charge in [-0.05, 0) is 22.8 Å². The van der Waals surface area contributed by atoms with Crippen molar-refractivity contribution >= 4 is 10.9 Å². The van der Waals surface area contributed by atoms with E-state index in [9.17, 15) is 0 Å². The van der Waals surface area contributed by atoms with Crippen molar-refractivity contribution in [1.82, 2.24) is 19.3 Å². The molecule has 6 nitrogen and oxygen atoms in total. The second-order valence-corrected chi connectivity index (χ2v) is 9.15. The monoisotopic (exact) mass is 500 g/mol. The first-order valence-corrected chi connectivity index (χ1v) is 12.5. The summed E-state index contributed by atoms with van der Waals surface area (Å²) in [6.07, 6.45) is 5.90. The molecule has 6 heteroatoms. The lowest BCUT2D eigenvalue weighted by Crippen LogP contribution is -2.36. The minimum absolute atomic E-state index is 0.514. The summed E-state index contributed by atoms with van der Waals surface area (Å²) in [4.78, 5) is 4.86. The van der Waals surface area contributed by atoms with Crippen LogP contribution in [0.5, 0.6) is 11.5 Å². The van der Waals surface area contributed by atoms with Crippen LogP contribution < -0.4 is 9.47 Å². The lowest BCUT2D eigenvalue weighted by atomic mass is 9.77. The maximum atomic E-state index is 5.53. The molecule has 0 aliphatic heterocycles. The van der Waals surface area contributed by atoms with Gasteiger partial charge in [-0.15, -0.1) is 0 Å². The van der Waals surface area contributed by atoms with Gasteiger partial charge in [0.15, 0.2) is 11.5 Å². The molecule has 6 aromatic rings. The van der Waals surface area contributed by atoms with Gasteiger partial charge >= 0.3 is 0 Å². The molecule has 0 unspecified atom stereocenters. The summed E-state index contributed by atoms with van der Waals surface area (Å²) in [5, 5.41) is 5.62. The third-order valence-electron chi connectivity index (χ3n) is 7.06. The fourth-order valence-electron chi connectivity index (χ4n) is 5.30. The number of aromatic nitrogens is 4. The molecular formula is C32H28N4O2. The molecule has 2 heterocycles. The molecule has 38 heavy (non-hydrogen) atoms. The topological polar surface area (TPSA) is 54.1 Å². The second-order valence-electron chi connectivity index (χ2n) is 9.15. The van der Waals surface area contributed by atoms with Crippen LogP contribution in [0.1, 0.15) is 22.4 Å². The molecule has 0 bridgehead atoms. The van der Waals surface area contributed by atoms with Gasteiger partial charge < -0.3 is 14.0 Å². The molecular weight excluding hydrogens is 472 g/mol. The van der Waals surface area contributed by atoms with Crippen molar-refractivity contribution in [2.45, 2.75) is 12.1 Å². The number of fused-ring (bicyclic) bond motifs is 1. The van der Waals surface area contributed by atoms with E-state index in [1.54, 1.807) is 14.2 Å². The first kappa shape index (κ1) is 23.6. The SMILES string of the molecule is COc1cc2cnn(Cc3cn(C(c4ccccc4)(c4ccccc4)c4ccccc4)cn3)c2cc1OC. The number of methoxy groups -OCH3 is 2. The number of rotatable bonds is 8. The number of ether oxygens (including phenoxy) is 2. The van der Waals surface area contributed by atoms with E-state index in [-0.39, 0.29) is 0 Å². The highest BCUT2D eigenvalue weighted by atomic mass is 16.5. The van der Waals surface area contributed by atoms with Gasteiger partial charge in [0.05, 0.1) is 44.5 Å². The highest BCUT2D eigenvalue weighted by molar-refractivity contribution is 5.82. The first-order valence-electron chi connectivity index (χ1n) is 12.5. The Bertz CT molecular complexity index is 1560. The predicted molar refractivity (Wildman–Crippen MR) is 149 cm³/mol. The smallest absolute Gasteiger partial charge is 0.162 e. The van der Waals surface area contributed by atoms with E-state index in [1.165, 1.54) is 0 Å². The zero-order valence-corrected chi connectivity index (χ0v) is 21.4. The van der Waals surface area contributed by atoms with E-state index in [0.717, 1.165) is 33.3 Å². The molecule has 2 aromatic heterocycles. The largest absolute Gasteiger partial charge is 0.493 e. The Kier molecular flexibility index (Phi) is 6.14. The Balaban J connectivity index is 1.49. The molecule has 0 fully saturated rings. The van der Waals surface area contributed by atoms with Gasteiger partial charge in [0, 0.05) is 17.6 Å². The molecule has 0 aliphatic carbocycles. The molecule has 0 amide bonds.